The van der Waals surface area contributed by atoms with Crippen LogP contribution in [0.3, 0.4) is 0 Å². The molecule has 0 fully saturated rings. The number of carbonyl (C=O) groups is 1. The van der Waals surface area contributed by atoms with Crippen LogP contribution >= 0.6 is 0 Å². The first-order valence-corrected chi connectivity index (χ1v) is 5.89. The molecule has 0 aliphatic heterocycles. The van der Waals surface area contributed by atoms with Crippen molar-refractivity contribution >= 4 is 5.91 Å². The van der Waals surface area contributed by atoms with E-state index in [1.807, 2.05) is 0 Å². The third-order valence-corrected chi connectivity index (χ3v) is 2.64. The van der Waals surface area contributed by atoms with Crippen molar-refractivity contribution in [2.75, 3.05) is 20.1 Å². The number of benzene rings is 1. The second-order valence-electron chi connectivity index (χ2n) is 4.13. The molecule has 17 heavy (non-hydrogen) atoms. The summed E-state index contributed by atoms with van der Waals surface area (Å²) in [6, 6.07) is 6.42. The zero-order valence-electron chi connectivity index (χ0n) is 10.2. The van der Waals surface area contributed by atoms with Gasteiger partial charge in [-0.3, -0.25) is 4.79 Å². The molecule has 4 nitrogen and oxygen atoms in total. The van der Waals surface area contributed by atoms with Gasteiger partial charge in [0.2, 0.25) is 0 Å². The second kappa shape index (κ2) is 6.91. The minimum atomic E-state index is -0.0614. The van der Waals surface area contributed by atoms with E-state index in [0.29, 0.717) is 18.7 Å². The zero-order valence-corrected chi connectivity index (χ0v) is 10.2. The molecule has 94 valence electrons. The lowest BCUT2D eigenvalue weighted by atomic mass is 10.1. The van der Waals surface area contributed by atoms with Crippen LogP contribution in [0.15, 0.2) is 24.3 Å². The number of rotatable bonds is 6. The van der Waals surface area contributed by atoms with Crippen molar-refractivity contribution in [3.05, 3.63) is 29.8 Å². The van der Waals surface area contributed by atoms with Crippen molar-refractivity contribution in [2.24, 2.45) is 5.73 Å². The summed E-state index contributed by atoms with van der Waals surface area (Å²) < 4.78 is 0. The molecule has 0 aromatic heterocycles. The van der Waals surface area contributed by atoms with Gasteiger partial charge in [0.1, 0.15) is 5.75 Å². The summed E-state index contributed by atoms with van der Waals surface area (Å²) >= 11 is 0. The molecule has 0 heterocycles. The van der Waals surface area contributed by atoms with Crippen molar-refractivity contribution in [1.82, 2.24) is 4.90 Å². The van der Waals surface area contributed by atoms with E-state index in [0.717, 1.165) is 19.3 Å². The number of carbonyl (C=O) groups excluding carboxylic acids is 1. The lowest BCUT2D eigenvalue weighted by molar-refractivity contribution is 0.0792. The second-order valence-corrected chi connectivity index (χ2v) is 4.13. The fourth-order valence-electron chi connectivity index (χ4n) is 1.63. The Balaban J connectivity index is 2.46. The predicted molar refractivity (Wildman–Crippen MR) is 68.0 cm³/mol. The van der Waals surface area contributed by atoms with Crippen molar-refractivity contribution < 1.29 is 9.90 Å². The lowest BCUT2D eigenvalue weighted by Crippen LogP contribution is -2.27. The fraction of sp³-hybridized carbons (Fsp3) is 0.462. The van der Waals surface area contributed by atoms with Crippen LogP contribution in [0.25, 0.3) is 0 Å². The van der Waals surface area contributed by atoms with Crippen LogP contribution in [0, 0.1) is 0 Å². The van der Waals surface area contributed by atoms with Crippen LogP contribution in [0.2, 0.25) is 0 Å². The Morgan fingerprint density at radius 1 is 1.35 bits per heavy atom. The monoisotopic (exact) mass is 236 g/mol. The molecule has 0 spiro atoms. The highest BCUT2D eigenvalue weighted by atomic mass is 16.3. The number of amides is 1. The van der Waals surface area contributed by atoms with Crippen molar-refractivity contribution in [1.29, 1.82) is 0 Å². The highest BCUT2D eigenvalue weighted by Gasteiger charge is 2.11. The van der Waals surface area contributed by atoms with Gasteiger partial charge in [-0.15, -0.1) is 0 Å². The summed E-state index contributed by atoms with van der Waals surface area (Å²) in [5, 5.41) is 9.31. The molecule has 1 aromatic rings. The number of unbranched alkanes of at least 4 members (excludes halogenated alkanes) is 2. The molecule has 1 rings (SSSR count). The molecule has 0 saturated carbocycles. The largest absolute Gasteiger partial charge is 0.508 e. The fourth-order valence-corrected chi connectivity index (χ4v) is 1.63. The smallest absolute Gasteiger partial charge is 0.253 e. The summed E-state index contributed by atoms with van der Waals surface area (Å²) in [6.45, 7) is 1.42. The van der Waals surface area contributed by atoms with E-state index in [4.69, 9.17) is 5.73 Å². The standard InChI is InChI=1S/C13H20N2O2/c1-15(9-4-2-3-8-14)13(17)11-6-5-7-12(16)10-11/h5-7,10,16H,2-4,8-9,14H2,1H3. The molecule has 0 bridgehead atoms. The minimum Gasteiger partial charge on any atom is -0.508 e. The van der Waals surface area contributed by atoms with Gasteiger partial charge in [-0.25, -0.2) is 0 Å². The predicted octanol–water partition coefficient (Wildman–Crippen LogP) is 1.59. The third kappa shape index (κ3) is 4.44. The van der Waals surface area contributed by atoms with Crippen LogP contribution in [0.4, 0.5) is 0 Å². The minimum absolute atomic E-state index is 0.0614. The average Bonchev–Trinajstić information content (AvgIpc) is 2.33. The normalized spacial score (nSPS) is 10.2. The van der Waals surface area contributed by atoms with Crippen molar-refractivity contribution in [3.63, 3.8) is 0 Å². The molecular weight excluding hydrogens is 216 g/mol. The Bertz CT molecular complexity index is 366. The summed E-state index contributed by atoms with van der Waals surface area (Å²) in [5.74, 6) is 0.0565. The van der Waals surface area contributed by atoms with E-state index < -0.39 is 0 Å². The molecule has 4 heteroatoms. The van der Waals surface area contributed by atoms with Gasteiger partial charge in [0.25, 0.3) is 5.91 Å². The highest BCUT2D eigenvalue weighted by Crippen LogP contribution is 2.12. The van der Waals surface area contributed by atoms with E-state index in [1.165, 1.54) is 6.07 Å². The number of hydrogen-bond acceptors (Lipinski definition) is 3. The number of aromatic hydroxyl groups is 1. The van der Waals surface area contributed by atoms with Crippen LogP contribution in [-0.2, 0) is 0 Å². The maximum atomic E-state index is 12.0. The van der Waals surface area contributed by atoms with E-state index in [9.17, 15) is 9.90 Å². The SMILES string of the molecule is CN(CCCCCN)C(=O)c1cccc(O)c1. The molecule has 0 aliphatic carbocycles. The summed E-state index contributed by atoms with van der Waals surface area (Å²) in [5.41, 5.74) is 5.92. The van der Waals surface area contributed by atoms with Gasteiger partial charge in [0, 0.05) is 19.2 Å². The van der Waals surface area contributed by atoms with Crippen molar-refractivity contribution in [2.45, 2.75) is 19.3 Å². The Morgan fingerprint density at radius 2 is 2.12 bits per heavy atom. The first-order valence-electron chi connectivity index (χ1n) is 5.89. The number of phenolic OH excluding ortho intramolecular Hbond substituents is 1. The number of phenols is 1. The molecule has 1 aromatic carbocycles. The van der Waals surface area contributed by atoms with Gasteiger partial charge in [-0.1, -0.05) is 12.5 Å². The number of nitrogens with two attached hydrogens (primary N) is 1. The average molecular weight is 236 g/mol. The van der Waals surface area contributed by atoms with Crippen LogP contribution < -0.4 is 5.73 Å². The van der Waals surface area contributed by atoms with E-state index >= 15 is 0 Å². The molecular formula is C13H20N2O2. The lowest BCUT2D eigenvalue weighted by Gasteiger charge is -2.17. The molecule has 0 aliphatic rings. The summed E-state index contributed by atoms with van der Waals surface area (Å²) in [7, 11) is 1.77. The molecule has 0 radical (unpaired) electrons. The van der Waals surface area contributed by atoms with Crippen LogP contribution in [-0.4, -0.2) is 36.1 Å². The Hall–Kier alpha value is -1.55. The van der Waals surface area contributed by atoms with Gasteiger partial charge in [0.15, 0.2) is 0 Å². The van der Waals surface area contributed by atoms with E-state index in [-0.39, 0.29) is 11.7 Å². The molecule has 0 atom stereocenters. The maximum absolute atomic E-state index is 12.0. The quantitative estimate of drug-likeness (QED) is 0.737. The maximum Gasteiger partial charge on any atom is 0.253 e. The van der Waals surface area contributed by atoms with Gasteiger partial charge in [-0.05, 0) is 37.6 Å². The Morgan fingerprint density at radius 3 is 2.76 bits per heavy atom. The molecule has 3 N–H and O–H groups in total. The third-order valence-electron chi connectivity index (χ3n) is 2.64. The number of hydrogen-bond donors (Lipinski definition) is 2. The topological polar surface area (TPSA) is 66.6 Å². The Labute approximate surface area is 102 Å². The first-order chi connectivity index (χ1) is 8.15. The van der Waals surface area contributed by atoms with Gasteiger partial charge in [-0.2, -0.15) is 0 Å². The molecule has 1 amide bonds. The molecule has 0 saturated heterocycles. The Kier molecular flexibility index (Phi) is 5.49. The van der Waals surface area contributed by atoms with Gasteiger partial charge >= 0.3 is 0 Å². The summed E-state index contributed by atoms with van der Waals surface area (Å²) in [6.07, 6.45) is 2.99. The van der Waals surface area contributed by atoms with E-state index in [1.54, 1.807) is 30.1 Å². The summed E-state index contributed by atoms with van der Waals surface area (Å²) in [4.78, 5) is 13.6. The highest BCUT2D eigenvalue weighted by molar-refractivity contribution is 5.94. The molecule has 0 unspecified atom stereocenters. The van der Waals surface area contributed by atoms with Gasteiger partial charge in [0.05, 0.1) is 0 Å². The van der Waals surface area contributed by atoms with Crippen LogP contribution in [0.1, 0.15) is 29.6 Å². The van der Waals surface area contributed by atoms with Gasteiger partial charge < -0.3 is 15.7 Å². The van der Waals surface area contributed by atoms with E-state index in [2.05, 4.69) is 0 Å². The zero-order chi connectivity index (χ0) is 12.7. The number of nitrogens with zero attached hydrogens (tertiary/aromatic N) is 1. The van der Waals surface area contributed by atoms with Crippen molar-refractivity contribution in [3.8, 4) is 5.75 Å². The van der Waals surface area contributed by atoms with Crippen LogP contribution in [0.5, 0.6) is 5.75 Å². The first kappa shape index (κ1) is 13.5.